The van der Waals surface area contributed by atoms with Gasteiger partial charge < -0.3 is 24.8 Å². The third-order valence-electron chi connectivity index (χ3n) is 8.67. The summed E-state index contributed by atoms with van der Waals surface area (Å²) in [5.41, 5.74) is -3.58. The van der Waals surface area contributed by atoms with Crippen LogP contribution < -0.4 is 20.1 Å². The lowest BCUT2D eigenvalue weighted by Crippen LogP contribution is -2.48. The number of fused-ring (bicyclic) bond motifs is 2. The Morgan fingerprint density at radius 2 is 1.75 bits per heavy atom. The highest BCUT2D eigenvalue weighted by Crippen LogP contribution is 2.49. The molecule has 13 heteroatoms. The van der Waals surface area contributed by atoms with Crippen LogP contribution in [0.25, 0.3) is 11.1 Å². The van der Waals surface area contributed by atoms with Crippen LogP contribution in [0.4, 0.5) is 23.2 Å². The summed E-state index contributed by atoms with van der Waals surface area (Å²) in [6.07, 6.45) is 3.99. The third-order valence-corrected chi connectivity index (χ3v) is 9.39. The molecule has 256 valence electrons. The molecule has 2 aliphatic carbocycles. The monoisotopic (exact) mass is 688 g/mol. The van der Waals surface area contributed by atoms with Crippen LogP contribution in [0.1, 0.15) is 49.4 Å². The molecule has 0 saturated heterocycles. The van der Waals surface area contributed by atoms with Gasteiger partial charge >= 0.3 is 11.5 Å². The van der Waals surface area contributed by atoms with Gasteiger partial charge in [-0.2, -0.15) is 13.2 Å². The molecule has 0 radical (unpaired) electrons. The van der Waals surface area contributed by atoms with Crippen LogP contribution in [0, 0.1) is 23.6 Å². The molecular formula is C35H36F4N2O6S. The lowest BCUT2D eigenvalue weighted by atomic mass is 9.83. The van der Waals surface area contributed by atoms with Gasteiger partial charge in [-0.15, -0.1) is 0 Å². The van der Waals surface area contributed by atoms with E-state index in [1.54, 1.807) is 24.3 Å². The number of amides is 2. The van der Waals surface area contributed by atoms with Crippen molar-refractivity contribution in [3.8, 4) is 22.6 Å². The topological polar surface area (TPSA) is 103 Å². The molecule has 2 amide bonds. The SMILES string of the molecule is CCCCOC(=O)COc1ccc(-c2cc(C(=O)NC3C4CCC(C4)C3C(=O)Nc3cccc(SC(F)(F)F)c3)c(OC)cc2F)cc1. The van der Waals surface area contributed by atoms with E-state index in [2.05, 4.69) is 10.6 Å². The molecule has 8 nitrogen and oxygen atoms in total. The molecule has 48 heavy (non-hydrogen) atoms. The van der Waals surface area contributed by atoms with E-state index >= 15 is 4.39 Å². The normalized spacial score (nSPS) is 19.9. The molecule has 0 aliphatic heterocycles. The van der Waals surface area contributed by atoms with Crippen LogP contribution in [-0.4, -0.2) is 49.7 Å². The molecule has 3 aromatic rings. The van der Waals surface area contributed by atoms with Gasteiger partial charge in [0.05, 0.1) is 25.2 Å². The Labute approximate surface area is 279 Å². The van der Waals surface area contributed by atoms with Crippen LogP contribution in [0.5, 0.6) is 11.5 Å². The first kappa shape index (κ1) is 35.1. The molecule has 4 unspecified atom stereocenters. The number of hydrogen-bond acceptors (Lipinski definition) is 7. The number of ether oxygens (including phenoxy) is 3. The van der Waals surface area contributed by atoms with Crippen LogP contribution in [0.2, 0.25) is 0 Å². The van der Waals surface area contributed by atoms with Crippen LogP contribution in [-0.2, 0) is 14.3 Å². The number of methoxy groups -OCH3 is 1. The summed E-state index contributed by atoms with van der Waals surface area (Å²) in [5.74, 6) is -2.23. The summed E-state index contributed by atoms with van der Waals surface area (Å²) in [6, 6.07) is 13.9. The fourth-order valence-corrected chi connectivity index (χ4v) is 7.07. The lowest BCUT2D eigenvalue weighted by Gasteiger charge is -2.31. The zero-order valence-corrected chi connectivity index (χ0v) is 27.2. The number of nitrogens with one attached hydrogen (secondary N) is 2. The van der Waals surface area contributed by atoms with Gasteiger partial charge in [0.15, 0.2) is 6.61 Å². The first-order valence-electron chi connectivity index (χ1n) is 15.7. The van der Waals surface area contributed by atoms with Gasteiger partial charge in [-0.3, -0.25) is 9.59 Å². The second-order valence-corrected chi connectivity index (χ2v) is 13.0. The maximum Gasteiger partial charge on any atom is 0.446 e. The molecule has 0 spiro atoms. The van der Waals surface area contributed by atoms with E-state index in [1.165, 1.54) is 37.4 Å². The highest BCUT2D eigenvalue weighted by molar-refractivity contribution is 8.00. The van der Waals surface area contributed by atoms with E-state index in [9.17, 15) is 27.6 Å². The molecule has 2 aliphatic rings. The summed E-state index contributed by atoms with van der Waals surface area (Å²) in [4.78, 5) is 39.0. The van der Waals surface area contributed by atoms with E-state index in [0.29, 0.717) is 17.9 Å². The molecule has 0 aromatic heterocycles. The number of esters is 1. The van der Waals surface area contributed by atoms with Gasteiger partial charge in [0, 0.05) is 28.3 Å². The Balaban J connectivity index is 1.29. The van der Waals surface area contributed by atoms with E-state index < -0.39 is 35.2 Å². The molecule has 0 heterocycles. The summed E-state index contributed by atoms with van der Waals surface area (Å²) in [5, 5.41) is 5.74. The van der Waals surface area contributed by atoms with Gasteiger partial charge in [0.1, 0.15) is 17.3 Å². The molecule has 2 N–H and O–H groups in total. The van der Waals surface area contributed by atoms with Crippen molar-refractivity contribution in [1.82, 2.24) is 5.32 Å². The van der Waals surface area contributed by atoms with Crippen LogP contribution >= 0.6 is 11.8 Å². The number of alkyl halides is 3. The van der Waals surface area contributed by atoms with Crippen molar-refractivity contribution in [3.63, 3.8) is 0 Å². The predicted octanol–water partition coefficient (Wildman–Crippen LogP) is 7.62. The average molecular weight is 689 g/mol. The van der Waals surface area contributed by atoms with E-state index in [1.807, 2.05) is 6.92 Å². The average Bonchev–Trinajstić information content (AvgIpc) is 3.65. The second-order valence-electron chi connectivity index (χ2n) is 11.8. The van der Waals surface area contributed by atoms with Gasteiger partial charge in [0.25, 0.3) is 5.91 Å². The first-order valence-corrected chi connectivity index (χ1v) is 16.5. The summed E-state index contributed by atoms with van der Waals surface area (Å²) in [6.45, 7) is 2.04. The van der Waals surface area contributed by atoms with Crippen molar-refractivity contribution in [2.45, 2.75) is 55.5 Å². The number of carbonyl (C=O) groups is 3. The maximum absolute atomic E-state index is 15.3. The van der Waals surface area contributed by atoms with Crippen molar-refractivity contribution in [3.05, 3.63) is 72.0 Å². The van der Waals surface area contributed by atoms with E-state index in [-0.39, 0.29) is 63.6 Å². The molecule has 2 fully saturated rings. The van der Waals surface area contributed by atoms with Crippen LogP contribution in [0.15, 0.2) is 65.6 Å². The Hall–Kier alpha value is -4.26. The molecular weight excluding hydrogens is 652 g/mol. The van der Waals surface area contributed by atoms with E-state index in [4.69, 9.17) is 14.2 Å². The van der Waals surface area contributed by atoms with E-state index in [0.717, 1.165) is 38.2 Å². The molecule has 3 aromatic carbocycles. The quantitative estimate of drug-likeness (QED) is 0.0825. The highest BCUT2D eigenvalue weighted by Gasteiger charge is 2.51. The zero-order chi connectivity index (χ0) is 34.4. The number of halogens is 4. The van der Waals surface area contributed by atoms with Crippen molar-refractivity contribution in [2.75, 3.05) is 25.6 Å². The molecule has 2 saturated carbocycles. The molecule has 5 rings (SSSR count). The van der Waals surface area contributed by atoms with Crippen molar-refractivity contribution in [2.24, 2.45) is 17.8 Å². The minimum Gasteiger partial charge on any atom is -0.496 e. The third kappa shape index (κ3) is 8.60. The fourth-order valence-electron chi connectivity index (χ4n) is 6.47. The summed E-state index contributed by atoms with van der Waals surface area (Å²) in [7, 11) is 1.32. The Morgan fingerprint density at radius 3 is 2.46 bits per heavy atom. The minimum absolute atomic E-state index is 0.00219. The Morgan fingerprint density at radius 1 is 1.00 bits per heavy atom. The number of carbonyl (C=O) groups excluding carboxylic acids is 3. The fraction of sp³-hybridized carbons (Fsp3) is 0.400. The largest absolute Gasteiger partial charge is 0.496 e. The first-order chi connectivity index (χ1) is 23.0. The van der Waals surface area contributed by atoms with Crippen molar-refractivity contribution < 1.29 is 46.2 Å². The minimum atomic E-state index is -4.47. The van der Waals surface area contributed by atoms with Crippen molar-refractivity contribution >= 4 is 35.2 Å². The number of rotatable bonds is 13. The highest BCUT2D eigenvalue weighted by atomic mass is 32.2. The smallest absolute Gasteiger partial charge is 0.446 e. The summed E-state index contributed by atoms with van der Waals surface area (Å²) < 4.78 is 69.8. The number of unbranched alkanes of at least 4 members (excludes halogenated alkanes) is 1. The number of hydrogen-bond donors (Lipinski definition) is 2. The second kappa shape index (κ2) is 15.3. The van der Waals surface area contributed by atoms with Gasteiger partial charge in [-0.05, 0) is 91.2 Å². The number of benzene rings is 3. The van der Waals surface area contributed by atoms with Gasteiger partial charge in [-0.1, -0.05) is 31.5 Å². The van der Waals surface area contributed by atoms with Crippen LogP contribution in [0.3, 0.4) is 0 Å². The van der Waals surface area contributed by atoms with Gasteiger partial charge in [0.2, 0.25) is 5.91 Å². The number of thioether (sulfide) groups is 1. The predicted molar refractivity (Wildman–Crippen MR) is 172 cm³/mol. The Kier molecular flexibility index (Phi) is 11.2. The van der Waals surface area contributed by atoms with Crippen molar-refractivity contribution in [1.29, 1.82) is 0 Å². The molecule has 2 bridgehead atoms. The lowest BCUT2D eigenvalue weighted by molar-refractivity contribution is -0.146. The Bertz CT molecular complexity index is 1630. The number of anilines is 1. The maximum atomic E-state index is 15.3. The zero-order valence-electron chi connectivity index (χ0n) is 26.4. The standard InChI is InChI=1S/C35H36F4N2O6S/c1-3-4-14-46-30(42)19-47-24-12-10-20(11-13-24)26-17-27(29(45-2)18-28(26)36)33(43)41-32-22-9-8-21(15-22)31(32)34(44)40-23-6-5-7-25(16-23)48-35(37,38)39/h5-7,10-13,16-18,21-22,31-32H,3-4,8-9,14-15,19H2,1-2H3,(H,40,44)(H,41,43). The summed E-state index contributed by atoms with van der Waals surface area (Å²) >= 11 is -0.267. The van der Waals surface area contributed by atoms with Gasteiger partial charge in [-0.25, -0.2) is 9.18 Å². The molecule has 4 atom stereocenters.